The summed E-state index contributed by atoms with van der Waals surface area (Å²) in [5, 5.41) is 29.6. The van der Waals surface area contributed by atoms with E-state index in [-0.39, 0.29) is 6.61 Å². The summed E-state index contributed by atoms with van der Waals surface area (Å²) < 4.78 is 64.8. The molecule has 0 aromatic heterocycles. The van der Waals surface area contributed by atoms with Crippen LogP contribution < -0.4 is 0 Å². The molecule has 3 fully saturated rings. The van der Waals surface area contributed by atoms with Gasteiger partial charge in [0.05, 0.1) is 19.3 Å². The Bertz CT molecular complexity index is 611. The first-order valence-electron chi connectivity index (χ1n) is 8.38. The lowest BCUT2D eigenvalue weighted by molar-refractivity contribution is -0.329. The summed E-state index contributed by atoms with van der Waals surface area (Å²) in [5.41, 5.74) is 0. The van der Waals surface area contributed by atoms with Crippen LogP contribution in [0.15, 0.2) is 0 Å². The Morgan fingerprint density at radius 3 is 2.44 bits per heavy atom. The highest BCUT2D eigenvalue weighted by atomic mass is 32.3. The summed E-state index contributed by atoms with van der Waals surface area (Å²) in [6.45, 7) is 1.09. The lowest BCUT2D eigenvalue weighted by atomic mass is 9.90. The van der Waals surface area contributed by atoms with Crippen LogP contribution in [-0.4, -0.2) is 104 Å². The molecule has 10 atom stereocenters. The van der Waals surface area contributed by atoms with Crippen LogP contribution in [0.3, 0.4) is 0 Å². The van der Waals surface area contributed by atoms with Gasteiger partial charge in [-0.15, -0.1) is 0 Å². The van der Waals surface area contributed by atoms with E-state index in [0.29, 0.717) is 0 Å². The van der Waals surface area contributed by atoms with Gasteiger partial charge in [0.25, 0.3) is 0 Å². The van der Waals surface area contributed by atoms with Gasteiger partial charge in [0.1, 0.15) is 30.5 Å². The summed E-state index contributed by atoms with van der Waals surface area (Å²) in [6, 6.07) is 0. The minimum absolute atomic E-state index is 0.0123. The Labute approximate surface area is 155 Å². The fourth-order valence-electron chi connectivity index (χ4n) is 3.54. The van der Waals surface area contributed by atoms with E-state index in [1.165, 1.54) is 7.11 Å². The molecule has 27 heavy (non-hydrogen) atoms. The van der Waals surface area contributed by atoms with Crippen LogP contribution in [0.2, 0.25) is 0 Å². The van der Waals surface area contributed by atoms with Crippen molar-refractivity contribution >= 4 is 10.4 Å². The first kappa shape index (κ1) is 21.3. The number of aliphatic hydroxyl groups excluding tert-OH is 3. The summed E-state index contributed by atoms with van der Waals surface area (Å²) in [7, 11) is -3.83. The highest BCUT2D eigenvalue weighted by Crippen LogP contribution is 2.37. The lowest BCUT2D eigenvalue weighted by Crippen LogP contribution is -2.60. The van der Waals surface area contributed by atoms with Gasteiger partial charge in [-0.25, -0.2) is 8.42 Å². The predicted octanol–water partition coefficient (Wildman–Crippen LogP) is -2.94. The summed E-state index contributed by atoms with van der Waals surface area (Å²) in [6.07, 6.45) is -9.81. The number of fused-ring (bicyclic) bond motifs is 2. The van der Waals surface area contributed by atoms with Gasteiger partial charge in [-0.05, 0) is 0 Å². The number of aliphatic hydroxyl groups is 3. The molecule has 0 aromatic rings. The largest absolute Gasteiger partial charge is 0.726 e. The molecule has 4 unspecified atom stereocenters. The van der Waals surface area contributed by atoms with Gasteiger partial charge in [-0.2, -0.15) is 0 Å². The van der Waals surface area contributed by atoms with Crippen molar-refractivity contribution in [1.29, 1.82) is 0 Å². The molecule has 0 aromatic carbocycles. The Morgan fingerprint density at radius 1 is 1.15 bits per heavy atom. The van der Waals surface area contributed by atoms with Crippen LogP contribution in [0, 0.1) is 5.92 Å². The van der Waals surface area contributed by atoms with Crippen LogP contribution >= 0.6 is 0 Å². The van der Waals surface area contributed by atoms with Crippen molar-refractivity contribution < 1.29 is 56.2 Å². The molecule has 158 valence electrons. The van der Waals surface area contributed by atoms with Crippen molar-refractivity contribution in [2.75, 3.05) is 20.3 Å². The fraction of sp³-hybridized carbons (Fsp3) is 1.00. The Hall–Kier alpha value is -0.450. The minimum Gasteiger partial charge on any atom is -0.726 e. The second kappa shape index (κ2) is 8.12. The molecule has 3 aliphatic heterocycles. The standard InChI is InChI=1S/C14H24O12S/c1-5-8(16)6(3-15)23-13(9(5)17)25-10-7-4-22-11(10)12(14(21-2)24-7)26-27(18,19)20/h5-17H,3-4H2,1-2H3,(H,18,19,20)/p-1/t5-,6?,7?,8+,9?,10-,11?,12-,13-,14-/m0/s1. The van der Waals surface area contributed by atoms with E-state index < -0.39 is 78.2 Å². The summed E-state index contributed by atoms with van der Waals surface area (Å²) in [5.74, 6) is -0.662. The third kappa shape index (κ3) is 4.28. The molecule has 3 saturated heterocycles. The van der Waals surface area contributed by atoms with Crippen molar-refractivity contribution in [3.8, 4) is 0 Å². The van der Waals surface area contributed by atoms with Crippen LogP contribution in [0.4, 0.5) is 0 Å². The molecule has 0 amide bonds. The molecule has 3 N–H and O–H groups in total. The van der Waals surface area contributed by atoms with Crippen LogP contribution in [0.25, 0.3) is 0 Å². The van der Waals surface area contributed by atoms with Crippen molar-refractivity contribution in [1.82, 2.24) is 0 Å². The monoisotopic (exact) mass is 415 g/mol. The molecular formula is C14H23O12S-. The number of methoxy groups -OCH3 is 1. The third-order valence-corrected chi connectivity index (χ3v) is 5.48. The maximum atomic E-state index is 11.0. The zero-order valence-corrected chi connectivity index (χ0v) is 15.4. The number of ether oxygens (including phenoxy) is 5. The third-order valence-electron chi connectivity index (χ3n) is 5.02. The van der Waals surface area contributed by atoms with E-state index in [1.54, 1.807) is 6.92 Å². The quantitative estimate of drug-likeness (QED) is 0.298. The van der Waals surface area contributed by atoms with Crippen molar-refractivity contribution in [2.45, 2.75) is 62.2 Å². The molecule has 3 heterocycles. The molecule has 0 aliphatic carbocycles. The van der Waals surface area contributed by atoms with E-state index in [1.807, 2.05) is 0 Å². The second-order valence-electron chi connectivity index (χ2n) is 6.71. The van der Waals surface area contributed by atoms with Gasteiger partial charge in [0.2, 0.25) is 10.4 Å². The Balaban J connectivity index is 1.76. The van der Waals surface area contributed by atoms with Gasteiger partial charge in [-0.3, -0.25) is 4.18 Å². The van der Waals surface area contributed by atoms with Crippen LogP contribution in [0.1, 0.15) is 6.92 Å². The molecule has 0 spiro atoms. The molecule has 13 heteroatoms. The first-order chi connectivity index (χ1) is 12.7. The molecule has 0 radical (unpaired) electrons. The van der Waals surface area contributed by atoms with Crippen molar-refractivity contribution in [2.24, 2.45) is 5.92 Å². The Kier molecular flexibility index (Phi) is 6.39. The Morgan fingerprint density at radius 2 is 1.85 bits per heavy atom. The molecule has 12 nitrogen and oxygen atoms in total. The van der Waals surface area contributed by atoms with E-state index in [4.69, 9.17) is 23.7 Å². The normalized spacial score (nSPS) is 47.9. The average molecular weight is 415 g/mol. The number of hydrogen-bond donors (Lipinski definition) is 3. The molecule has 2 bridgehead atoms. The maximum absolute atomic E-state index is 11.0. The SMILES string of the molecule is CO[C@H]1OC2COC([C@H]2O[C@@H]2OC(CO)[C@H](O)[C@H](C)C2O)[C@@H]1OS(=O)(=O)[O-]. The minimum atomic E-state index is -5.08. The lowest BCUT2D eigenvalue weighted by Gasteiger charge is -2.44. The predicted molar refractivity (Wildman–Crippen MR) is 81.8 cm³/mol. The summed E-state index contributed by atoms with van der Waals surface area (Å²) >= 11 is 0. The van der Waals surface area contributed by atoms with Gasteiger partial charge < -0.3 is 43.6 Å². The topological polar surface area (TPSA) is 173 Å². The molecule has 3 aliphatic rings. The van der Waals surface area contributed by atoms with E-state index in [9.17, 15) is 28.3 Å². The second-order valence-corrected chi connectivity index (χ2v) is 7.72. The average Bonchev–Trinajstić information content (AvgIpc) is 2.90. The van der Waals surface area contributed by atoms with E-state index >= 15 is 0 Å². The smallest absolute Gasteiger partial charge is 0.218 e. The van der Waals surface area contributed by atoms with Gasteiger partial charge >= 0.3 is 0 Å². The molecule has 3 rings (SSSR count). The highest BCUT2D eigenvalue weighted by Gasteiger charge is 2.56. The highest BCUT2D eigenvalue weighted by molar-refractivity contribution is 7.80. The van der Waals surface area contributed by atoms with Crippen LogP contribution in [-0.2, 0) is 38.3 Å². The van der Waals surface area contributed by atoms with Crippen LogP contribution in [0.5, 0.6) is 0 Å². The number of rotatable bonds is 6. The van der Waals surface area contributed by atoms with E-state index in [0.717, 1.165) is 0 Å². The number of hydrogen-bond acceptors (Lipinski definition) is 12. The fourth-order valence-corrected chi connectivity index (χ4v) is 4.01. The first-order valence-corrected chi connectivity index (χ1v) is 9.71. The van der Waals surface area contributed by atoms with Crippen molar-refractivity contribution in [3.63, 3.8) is 0 Å². The maximum Gasteiger partial charge on any atom is 0.218 e. The zero-order valence-electron chi connectivity index (χ0n) is 14.6. The van der Waals surface area contributed by atoms with Gasteiger partial charge in [0, 0.05) is 13.0 Å². The van der Waals surface area contributed by atoms with E-state index in [2.05, 4.69) is 4.18 Å². The zero-order chi connectivity index (χ0) is 19.9. The molecule has 0 saturated carbocycles. The van der Waals surface area contributed by atoms with Gasteiger partial charge in [0.15, 0.2) is 18.7 Å². The summed E-state index contributed by atoms with van der Waals surface area (Å²) in [4.78, 5) is 0. The molecular weight excluding hydrogens is 392 g/mol. The van der Waals surface area contributed by atoms with Gasteiger partial charge in [-0.1, -0.05) is 6.92 Å². The van der Waals surface area contributed by atoms with Crippen molar-refractivity contribution in [3.05, 3.63) is 0 Å².